The number of benzene rings is 2. The Kier molecular flexibility index (Phi) is 5.67. The molecular weight excluding hydrogens is 419 g/mol. The molecule has 0 radical (unpaired) electrons. The number of hydrogen-bond acceptors (Lipinski definition) is 6. The average molecular weight is 438 g/mol. The van der Waals surface area contributed by atoms with E-state index < -0.39 is 5.82 Å². The maximum Gasteiger partial charge on any atom is 0.226 e. The lowest BCUT2D eigenvalue weighted by atomic mass is 10.1. The summed E-state index contributed by atoms with van der Waals surface area (Å²) >= 11 is 5.32. The van der Waals surface area contributed by atoms with Gasteiger partial charge in [0.25, 0.3) is 0 Å². The fourth-order valence-electron chi connectivity index (χ4n) is 3.09. The Morgan fingerprint density at radius 2 is 1.97 bits per heavy atom. The second kappa shape index (κ2) is 8.56. The SMILES string of the molecule is Cc1ccc(-c2n[nH]c(=S)n2CCC(=O)Nc2ccc(F)c(-n3nnnc3C)c2)cc1. The summed E-state index contributed by atoms with van der Waals surface area (Å²) in [5, 5.41) is 20.9. The lowest BCUT2D eigenvalue weighted by Crippen LogP contribution is -2.15. The molecule has 0 bridgehead atoms. The van der Waals surface area contributed by atoms with Gasteiger partial charge in [-0.05, 0) is 54.7 Å². The highest BCUT2D eigenvalue weighted by Gasteiger charge is 2.13. The summed E-state index contributed by atoms with van der Waals surface area (Å²) in [4.78, 5) is 12.5. The van der Waals surface area contributed by atoms with Gasteiger partial charge < -0.3 is 5.32 Å². The molecule has 2 N–H and O–H groups in total. The Bertz CT molecular complexity index is 1290. The Hall–Kier alpha value is -3.73. The van der Waals surface area contributed by atoms with E-state index in [1.165, 1.54) is 22.9 Å². The largest absolute Gasteiger partial charge is 0.326 e. The van der Waals surface area contributed by atoms with Gasteiger partial charge in [0.05, 0.1) is 0 Å². The first-order valence-electron chi connectivity index (χ1n) is 9.49. The van der Waals surface area contributed by atoms with Crippen molar-refractivity contribution in [3.8, 4) is 17.1 Å². The van der Waals surface area contributed by atoms with Crippen LogP contribution >= 0.6 is 12.2 Å². The molecule has 0 saturated carbocycles. The molecule has 0 saturated heterocycles. The van der Waals surface area contributed by atoms with E-state index in [1.807, 2.05) is 31.2 Å². The van der Waals surface area contributed by atoms with Crippen LogP contribution in [0.4, 0.5) is 10.1 Å². The van der Waals surface area contributed by atoms with Gasteiger partial charge in [-0.25, -0.2) is 4.39 Å². The van der Waals surface area contributed by atoms with Crippen LogP contribution in [0, 0.1) is 24.4 Å². The van der Waals surface area contributed by atoms with E-state index in [0.717, 1.165) is 11.1 Å². The van der Waals surface area contributed by atoms with E-state index in [1.54, 1.807) is 11.5 Å². The molecule has 1 amide bonds. The molecule has 2 aromatic carbocycles. The highest BCUT2D eigenvalue weighted by molar-refractivity contribution is 7.71. The zero-order chi connectivity index (χ0) is 22.0. The first-order chi connectivity index (χ1) is 14.9. The summed E-state index contributed by atoms with van der Waals surface area (Å²) in [6.45, 7) is 4.00. The lowest BCUT2D eigenvalue weighted by molar-refractivity contribution is -0.116. The molecule has 2 aromatic heterocycles. The number of nitrogens with zero attached hydrogens (tertiary/aromatic N) is 6. The van der Waals surface area contributed by atoms with Crippen LogP contribution in [0.1, 0.15) is 17.8 Å². The number of aromatic nitrogens is 7. The molecule has 2 heterocycles. The molecule has 0 aliphatic heterocycles. The molecular formula is C20H19FN8OS. The van der Waals surface area contributed by atoms with Crippen LogP contribution in [0.5, 0.6) is 0 Å². The number of rotatable bonds is 6. The molecule has 4 rings (SSSR count). The maximum absolute atomic E-state index is 14.2. The number of H-pyrrole nitrogens is 1. The fourth-order valence-corrected chi connectivity index (χ4v) is 3.32. The number of nitrogens with one attached hydrogen (secondary N) is 2. The zero-order valence-electron chi connectivity index (χ0n) is 16.8. The predicted molar refractivity (Wildman–Crippen MR) is 115 cm³/mol. The number of aromatic amines is 1. The third-order valence-electron chi connectivity index (χ3n) is 4.71. The molecule has 4 aromatic rings. The number of hydrogen-bond donors (Lipinski definition) is 2. The summed E-state index contributed by atoms with van der Waals surface area (Å²) in [5.74, 6) is 0.348. The predicted octanol–water partition coefficient (Wildman–Crippen LogP) is 3.37. The van der Waals surface area contributed by atoms with E-state index in [9.17, 15) is 9.18 Å². The van der Waals surface area contributed by atoms with Gasteiger partial charge >= 0.3 is 0 Å². The quantitative estimate of drug-likeness (QED) is 0.447. The molecule has 9 nitrogen and oxygen atoms in total. The van der Waals surface area contributed by atoms with Crippen molar-refractivity contribution >= 4 is 23.8 Å². The van der Waals surface area contributed by atoms with E-state index in [4.69, 9.17) is 12.2 Å². The average Bonchev–Trinajstić information content (AvgIpc) is 3.34. The maximum atomic E-state index is 14.2. The monoisotopic (exact) mass is 438 g/mol. The summed E-state index contributed by atoms with van der Waals surface area (Å²) in [7, 11) is 0. The van der Waals surface area contributed by atoms with Crippen LogP contribution in [0.15, 0.2) is 42.5 Å². The van der Waals surface area contributed by atoms with E-state index in [2.05, 4.69) is 31.0 Å². The molecule has 0 aliphatic carbocycles. The van der Waals surface area contributed by atoms with Crippen molar-refractivity contribution in [1.29, 1.82) is 0 Å². The van der Waals surface area contributed by atoms with Crippen LogP contribution in [0.25, 0.3) is 17.1 Å². The second-order valence-corrected chi connectivity index (χ2v) is 7.36. The molecule has 0 spiro atoms. The standard InChI is InChI=1S/C20H19FN8OS/c1-12-3-5-14(6-4-12)19-24-25-20(31)28(19)10-9-18(30)22-15-7-8-16(21)17(11-15)29-13(2)23-26-27-29/h3-8,11H,9-10H2,1-2H3,(H,22,30)(H,25,31). The Labute approximate surface area is 181 Å². The highest BCUT2D eigenvalue weighted by Crippen LogP contribution is 2.20. The van der Waals surface area contributed by atoms with Gasteiger partial charge in [0.15, 0.2) is 16.4 Å². The second-order valence-electron chi connectivity index (χ2n) is 6.97. The summed E-state index contributed by atoms with van der Waals surface area (Å²) < 4.78 is 17.7. The number of aryl methyl sites for hydroxylation is 2. The van der Waals surface area contributed by atoms with Gasteiger partial charge in [-0.2, -0.15) is 9.78 Å². The van der Waals surface area contributed by atoms with Gasteiger partial charge in [-0.3, -0.25) is 14.5 Å². The normalized spacial score (nSPS) is 10.9. The van der Waals surface area contributed by atoms with Gasteiger partial charge in [-0.1, -0.05) is 29.8 Å². The highest BCUT2D eigenvalue weighted by atomic mass is 32.1. The van der Waals surface area contributed by atoms with E-state index in [-0.39, 0.29) is 18.0 Å². The van der Waals surface area contributed by atoms with Crippen molar-refractivity contribution < 1.29 is 9.18 Å². The summed E-state index contributed by atoms with van der Waals surface area (Å²) in [6, 6.07) is 12.1. The van der Waals surface area contributed by atoms with E-state index in [0.29, 0.717) is 28.7 Å². The molecule has 11 heteroatoms. The Morgan fingerprint density at radius 1 is 1.19 bits per heavy atom. The van der Waals surface area contributed by atoms with Crippen LogP contribution in [0.3, 0.4) is 0 Å². The molecule has 0 fully saturated rings. The van der Waals surface area contributed by atoms with Gasteiger partial charge in [0.1, 0.15) is 11.5 Å². The third kappa shape index (κ3) is 4.40. The molecule has 0 atom stereocenters. The minimum atomic E-state index is -0.499. The number of tetrazole rings is 1. The zero-order valence-corrected chi connectivity index (χ0v) is 17.6. The number of carbonyl (C=O) groups excluding carboxylic acids is 1. The molecule has 0 unspecified atom stereocenters. The number of halogens is 1. The van der Waals surface area contributed by atoms with Crippen molar-refractivity contribution in [1.82, 2.24) is 35.0 Å². The van der Waals surface area contributed by atoms with Crippen LogP contribution in [0.2, 0.25) is 0 Å². The minimum absolute atomic E-state index is 0.152. The van der Waals surface area contributed by atoms with Crippen LogP contribution < -0.4 is 5.32 Å². The van der Waals surface area contributed by atoms with Gasteiger partial charge in [-0.15, -0.1) is 5.10 Å². The van der Waals surface area contributed by atoms with Crippen molar-refractivity contribution in [2.24, 2.45) is 0 Å². The smallest absolute Gasteiger partial charge is 0.226 e. The van der Waals surface area contributed by atoms with Crippen molar-refractivity contribution in [3.63, 3.8) is 0 Å². The van der Waals surface area contributed by atoms with Crippen molar-refractivity contribution in [2.45, 2.75) is 26.8 Å². The van der Waals surface area contributed by atoms with E-state index >= 15 is 0 Å². The topological polar surface area (TPSA) is 106 Å². The Balaban J connectivity index is 1.48. The molecule has 31 heavy (non-hydrogen) atoms. The minimum Gasteiger partial charge on any atom is -0.326 e. The van der Waals surface area contributed by atoms with Crippen molar-refractivity contribution in [2.75, 3.05) is 5.32 Å². The first-order valence-corrected chi connectivity index (χ1v) is 9.90. The third-order valence-corrected chi connectivity index (χ3v) is 5.03. The van der Waals surface area contributed by atoms with Crippen molar-refractivity contribution in [3.05, 3.63) is 64.4 Å². The number of anilines is 1. The summed E-state index contributed by atoms with van der Waals surface area (Å²) in [5.41, 5.74) is 2.63. The van der Waals surface area contributed by atoms with Gasteiger partial charge in [0, 0.05) is 24.2 Å². The van der Waals surface area contributed by atoms with Gasteiger partial charge in [0.2, 0.25) is 5.91 Å². The van der Waals surface area contributed by atoms with Crippen LogP contribution in [-0.4, -0.2) is 40.9 Å². The number of amides is 1. The Morgan fingerprint density at radius 3 is 2.68 bits per heavy atom. The molecule has 0 aliphatic rings. The molecule has 158 valence electrons. The lowest BCUT2D eigenvalue weighted by Gasteiger charge is -2.10. The first kappa shape index (κ1) is 20.5. The van der Waals surface area contributed by atoms with Crippen LogP contribution in [-0.2, 0) is 11.3 Å². The summed E-state index contributed by atoms with van der Waals surface area (Å²) in [6.07, 6.45) is 0.156. The number of carbonyl (C=O) groups is 1. The fraction of sp³-hybridized carbons (Fsp3) is 0.200.